The van der Waals surface area contributed by atoms with Crippen molar-refractivity contribution >= 4 is 27.7 Å². The molecule has 0 spiro atoms. The van der Waals surface area contributed by atoms with Crippen LogP contribution in [0, 0.1) is 6.92 Å². The molecule has 0 aliphatic heterocycles. The SMILES string of the molecule is Cc1cc(Br)ccc1NC(C)CNC(=O)OC(C)(C)C. The lowest BCUT2D eigenvalue weighted by atomic mass is 10.2. The average Bonchev–Trinajstić information content (AvgIpc) is 2.28. The first-order valence-electron chi connectivity index (χ1n) is 6.67. The van der Waals surface area contributed by atoms with Crippen molar-refractivity contribution in [2.24, 2.45) is 0 Å². The second kappa shape index (κ2) is 6.97. The molecular formula is C15H23BrN2O2. The number of benzene rings is 1. The van der Waals surface area contributed by atoms with Crippen molar-refractivity contribution in [1.29, 1.82) is 0 Å². The van der Waals surface area contributed by atoms with Gasteiger partial charge in [0.1, 0.15) is 5.60 Å². The minimum absolute atomic E-state index is 0.113. The van der Waals surface area contributed by atoms with Gasteiger partial charge >= 0.3 is 6.09 Å². The highest BCUT2D eigenvalue weighted by Gasteiger charge is 2.16. The Morgan fingerprint density at radius 1 is 1.40 bits per heavy atom. The first kappa shape index (κ1) is 16.8. The summed E-state index contributed by atoms with van der Waals surface area (Å²) in [5.41, 5.74) is 1.75. The molecular weight excluding hydrogens is 320 g/mol. The maximum Gasteiger partial charge on any atom is 0.407 e. The molecule has 0 aliphatic carbocycles. The van der Waals surface area contributed by atoms with Crippen molar-refractivity contribution < 1.29 is 9.53 Å². The van der Waals surface area contributed by atoms with Crippen LogP contribution in [0.4, 0.5) is 10.5 Å². The topological polar surface area (TPSA) is 50.4 Å². The zero-order valence-corrected chi connectivity index (χ0v) is 14.3. The molecule has 2 N–H and O–H groups in total. The smallest absolute Gasteiger partial charge is 0.407 e. The first-order chi connectivity index (χ1) is 9.17. The molecule has 112 valence electrons. The molecule has 0 saturated carbocycles. The summed E-state index contributed by atoms with van der Waals surface area (Å²) in [6.45, 7) is 10.1. The van der Waals surface area contributed by atoms with Gasteiger partial charge in [0, 0.05) is 22.7 Å². The zero-order chi connectivity index (χ0) is 15.3. The van der Waals surface area contributed by atoms with Crippen LogP contribution < -0.4 is 10.6 Å². The van der Waals surface area contributed by atoms with Crippen LogP contribution in [0.15, 0.2) is 22.7 Å². The van der Waals surface area contributed by atoms with Gasteiger partial charge in [0.2, 0.25) is 0 Å². The van der Waals surface area contributed by atoms with E-state index in [9.17, 15) is 4.79 Å². The highest BCUT2D eigenvalue weighted by molar-refractivity contribution is 9.10. The Labute approximate surface area is 129 Å². The van der Waals surface area contributed by atoms with E-state index in [1.807, 2.05) is 46.8 Å². The number of aryl methyl sites for hydroxylation is 1. The number of anilines is 1. The van der Waals surface area contributed by atoms with Gasteiger partial charge in [0.15, 0.2) is 0 Å². The molecule has 0 fully saturated rings. The number of halogens is 1. The van der Waals surface area contributed by atoms with Gasteiger partial charge in [-0.15, -0.1) is 0 Å². The minimum atomic E-state index is -0.469. The Bertz CT molecular complexity index is 469. The standard InChI is InChI=1S/C15H23BrN2O2/c1-10-8-12(16)6-7-13(10)18-11(2)9-17-14(19)20-15(3,4)5/h6-8,11,18H,9H2,1-5H3,(H,17,19). The Morgan fingerprint density at radius 2 is 2.05 bits per heavy atom. The van der Waals surface area contributed by atoms with Crippen LogP contribution in [0.3, 0.4) is 0 Å². The molecule has 4 nitrogen and oxygen atoms in total. The minimum Gasteiger partial charge on any atom is -0.444 e. The van der Waals surface area contributed by atoms with E-state index in [1.165, 1.54) is 0 Å². The summed E-state index contributed by atoms with van der Waals surface area (Å²) in [7, 11) is 0. The van der Waals surface area contributed by atoms with Gasteiger partial charge < -0.3 is 15.4 Å². The Hall–Kier alpha value is -1.23. The molecule has 1 atom stereocenters. The molecule has 1 rings (SSSR count). The Kier molecular flexibility index (Phi) is 5.87. The monoisotopic (exact) mass is 342 g/mol. The van der Waals surface area contributed by atoms with Crippen LogP contribution >= 0.6 is 15.9 Å². The van der Waals surface area contributed by atoms with Crippen molar-refractivity contribution in [2.45, 2.75) is 46.3 Å². The Morgan fingerprint density at radius 3 is 2.60 bits per heavy atom. The summed E-state index contributed by atoms with van der Waals surface area (Å²) in [5.74, 6) is 0. The van der Waals surface area contributed by atoms with Crippen molar-refractivity contribution in [3.8, 4) is 0 Å². The van der Waals surface area contributed by atoms with E-state index in [0.717, 1.165) is 15.7 Å². The average molecular weight is 343 g/mol. The number of hydrogen-bond acceptors (Lipinski definition) is 3. The molecule has 0 aromatic heterocycles. The van der Waals surface area contributed by atoms with E-state index in [4.69, 9.17) is 4.74 Å². The normalized spacial score (nSPS) is 12.7. The van der Waals surface area contributed by atoms with E-state index >= 15 is 0 Å². The summed E-state index contributed by atoms with van der Waals surface area (Å²) in [5, 5.41) is 6.12. The quantitative estimate of drug-likeness (QED) is 0.866. The van der Waals surface area contributed by atoms with Gasteiger partial charge in [-0.2, -0.15) is 0 Å². The van der Waals surface area contributed by atoms with E-state index in [0.29, 0.717) is 6.54 Å². The number of carbonyl (C=O) groups excluding carboxylic acids is 1. The number of nitrogens with one attached hydrogen (secondary N) is 2. The van der Waals surface area contributed by atoms with Crippen LogP contribution in [-0.4, -0.2) is 24.3 Å². The second-order valence-electron chi connectivity index (χ2n) is 5.89. The van der Waals surface area contributed by atoms with Gasteiger partial charge in [0.25, 0.3) is 0 Å². The van der Waals surface area contributed by atoms with Gasteiger partial charge in [0.05, 0.1) is 0 Å². The summed E-state index contributed by atoms with van der Waals surface area (Å²) in [4.78, 5) is 11.6. The molecule has 1 aromatic carbocycles. The van der Waals surface area contributed by atoms with E-state index in [1.54, 1.807) is 0 Å². The van der Waals surface area contributed by atoms with Gasteiger partial charge in [-0.3, -0.25) is 0 Å². The second-order valence-corrected chi connectivity index (χ2v) is 6.80. The number of carbonyl (C=O) groups is 1. The third-order valence-corrected chi connectivity index (χ3v) is 3.04. The summed E-state index contributed by atoms with van der Waals surface area (Å²) >= 11 is 3.44. The molecule has 0 saturated heterocycles. The largest absolute Gasteiger partial charge is 0.444 e. The Balaban J connectivity index is 2.44. The van der Waals surface area contributed by atoms with Gasteiger partial charge in [-0.05, 0) is 58.4 Å². The number of rotatable bonds is 4. The molecule has 0 aliphatic rings. The van der Waals surface area contributed by atoms with Crippen molar-refractivity contribution in [3.05, 3.63) is 28.2 Å². The van der Waals surface area contributed by atoms with E-state index in [-0.39, 0.29) is 6.04 Å². The zero-order valence-electron chi connectivity index (χ0n) is 12.7. The van der Waals surface area contributed by atoms with Crippen LogP contribution in [-0.2, 0) is 4.74 Å². The summed E-state index contributed by atoms with van der Waals surface area (Å²) < 4.78 is 6.25. The van der Waals surface area contributed by atoms with Crippen molar-refractivity contribution in [2.75, 3.05) is 11.9 Å². The maximum atomic E-state index is 11.6. The molecule has 1 amide bonds. The summed E-state index contributed by atoms with van der Waals surface area (Å²) in [6.07, 6.45) is -0.390. The predicted molar refractivity (Wildman–Crippen MR) is 86.2 cm³/mol. The fourth-order valence-corrected chi connectivity index (χ4v) is 2.13. The fourth-order valence-electron chi connectivity index (χ4n) is 1.66. The molecule has 1 unspecified atom stereocenters. The van der Waals surface area contributed by atoms with E-state index in [2.05, 4.69) is 32.6 Å². The van der Waals surface area contributed by atoms with Gasteiger partial charge in [-0.25, -0.2) is 4.79 Å². The molecule has 5 heteroatoms. The highest BCUT2D eigenvalue weighted by atomic mass is 79.9. The van der Waals surface area contributed by atoms with Gasteiger partial charge in [-0.1, -0.05) is 15.9 Å². The fraction of sp³-hybridized carbons (Fsp3) is 0.533. The van der Waals surface area contributed by atoms with E-state index < -0.39 is 11.7 Å². The van der Waals surface area contributed by atoms with Crippen LogP contribution in [0.1, 0.15) is 33.3 Å². The first-order valence-corrected chi connectivity index (χ1v) is 7.46. The highest BCUT2D eigenvalue weighted by Crippen LogP contribution is 2.20. The third-order valence-electron chi connectivity index (χ3n) is 2.54. The van der Waals surface area contributed by atoms with Crippen molar-refractivity contribution in [1.82, 2.24) is 5.32 Å². The molecule has 0 heterocycles. The van der Waals surface area contributed by atoms with Crippen LogP contribution in [0.5, 0.6) is 0 Å². The lowest BCUT2D eigenvalue weighted by Gasteiger charge is -2.22. The summed E-state index contributed by atoms with van der Waals surface area (Å²) in [6, 6.07) is 6.17. The third kappa shape index (κ3) is 6.28. The lowest BCUT2D eigenvalue weighted by Crippen LogP contribution is -2.38. The predicted octanol–water partition coefficient (Wildman–Crippen LogP) is 4.08. The van der Waals surface area contributed by atoms with Crippen LogP contribution in [0.2, 0.25) is 0 Å². The number of alkyl carbamates (subject to hydrolysis) is 1. The molecule has 1 aromatic rings. The van der Waals surface area contributed by atoms with Crippen LogP contribution in [0.25, 0.3) is 0 Å². The molecule has 0 radical (unpaired) electrons. The molecule has 0 bridgehead atoms. The lowest BCUT2D eigenvalue weighted by molar-refractivity contribution is 0.0526. The van der Waals surface area contributed by atoms with Crippen molar-refractivity contribution in [3.63, 3.8) is 0 Å². The number of hydrogen-bond donors (Lipinski definition) is 2. The maximum absolute atomic E-state index is 11.6. The number of ether oxygens (including phenoxy) is 1. The molecule has 20 heavy (non-hydrogen) atoms. The number of amides is 1.